The molecule has 25 heavy (non-hydrogen) atoms. The van der Waals surface area contributed by atoms with E-state index in [-0.39, 0.29) is 23.5 Å². The van der Waals surface area contributed by atoms with Gasteiger partial charge in [0.2, 0.25) is 11.9 Å². The van der Waals surface area contributed by atoms with Gasteiger partial charge in [0.15, 0.2) is 0 Å². The lowest BCUT2D eigenvalue weighted by Gasteiger charge is -2.05. The van der Waals surface area contributed by atoms with Crippen LogP contribution in [-0.2, 0) is 11.2 Å². The molecule has 2 aromatic heterocycles. The number of halogens is 1. The van der Waals surface area contributed by atoms with Crippen molar-refractivity contribution < 1.29 is 4.79 Å². The Kier molecular flexibility index (Phi) is 6.47. The van der Waals surface area contributed by atoms with Gasteiger partial charge in [0.05, 0.1) is 6.42 Å². The molecule has 0 aliphatic rings. The number of hydrogen-bond donors (Lipinski definition) is 2. The third-order valence-corrected chi connectivity index (χ3v) is 3.31. The Hall–Kier alpha value is -2.93. The lowest BCUT2D eigenvalue weighted by molar-refractivity contribution is -0.115. The van der Waals surface area contributed by atoms with Gasteiger partial charge < -0.3 is 5.32 Å². The molecule has 1 aromatic carbocycles. The van der Waals surface area contributed by atoms with Crippen molar-refractivity contribution in [3.63, 3.8) is 0 Å². The van der Waals surface area contributed by atoms with Crippen molar-refractivity contribution in [3.8, 4) is 5.95 Å². The minimum Gasteiger partial charge on any atom is -0.326 e. The Bertz CT molecular complexity index is 873. The molecule has 1 amide bonds. The summed E-state index contributed by atoms with van der Waals surface area (Å²) in [6, 6.07) is 8.43. The van der Waals surface area contributed by atoms with E-state index in [0.717, 1.165) is 0 Å². The number of aromatic nitrogens is 4. The van der Waals surface area contributed by atoms with E-state index in [2.05, 4.69) is 20.4 Å². The van der Waals surface area contributed by atoms with Crippen molar-refractivity contribution in [3.05, 3.63) is 69.9 Å². The summed E-state index contributed by atoms with van der Waals surface area (Å²) in [6.45, 7) is 4.00. The number of carbonyl (C=O) groups is 1. The van der Waals surface area contributed by atoms with Crippen LogP contribution >= 0.6 is 11.6 Å². The van der Waals surface area contributed by atoms with Crippen molar-refractivity contribution in [2.45, 2.75) is 20.3 Å². The minimum absolute atomic E-state index is 0.0790. The number of rotatable bonds is 4. The summed E-state index contributed by atoms with van der Waals surface area (Å²) < 4.78 is 1.43. The number of carbonyl (C=O) groups excluding carboxylic acids is 1. The van der Waals surface area contributed by atoms with E-state index >= 15 is 0 Å². The summed E-state index contributed by atoms with van der Waals surface area (Å²) in [7, 11) is 0. The second kappa shape index (κ2) is 8.79. The highest BCUT2D eigenvalue weighted by molar-refractivity contribution is 6.30. The number of amides is 1. The molecule has 2 N–H and O–H groups in total. The van der Waals surface area contributed by atoms with Crippen LogP contribution < -0.4 is 10.9 Å². The summed E-state index contributed by atoms with van der Waals surface area (Å²) in [6.07, 6.45) is 4.53. The summed E-state index contributed by atoms with van der Waals surface area (Å²) in [4.78, 5) is 30.7. The molecule has 0 bridgehead atoms. The fourth-order valence-electron chi connectivity index (χ4n) is 1.96. The molecule has 0 aliphatic heterocycles. The molecule has 8 heteroatoms. The largest absolute Gasteiger partial charge is 0.326 e. The van der Waals surface area contributed by atoms with Gasteiger partial charge in [0.25, 0.3) is 5.56 Å². The first-order valence-corrected chi connectivity index (χ1v) is 8.13. The van der Waals surface area contributed by atoms with Crippen LogP contribution in [0.3, 0.4) is 0 Å². The number of nitrogens with one attached hydrogen (secondary N) is 2. The number of H-pyrrole nitrogens is 1. The molecule has 0 saturated heterocycles. The molecular formula is C17H18ClN5O2. The molecule has 0 spiro atoms. The summed E-state index contributed by atoms with van der Waals surface area (Å²) in [5.74, 6) is -0.0201. The van der Waals surface area contributed by atoms with E-state index in [1.165, 1.54) is 10.9 Å². The van der Waals surface area contributed by atoms with Crippen LogP contribution in [0.15, 0.2) is 53.7 Å². The summed E-state index contributed by atoms with van der Waals surface area (Å²) >= 11 is 5.78. The number of benzene rings is 1. The lowest BCUT2D eigenvalue weighted by atomic mass is 10.2. The topological polar surface area (TPSA) is 92.7 Å². The average Bonchev–Trinajstić information content (AvgIpc) is 3.15. The predicted octanol–water partition coefficient (Wildman–Crippen LogP) is 2.82. The van der Waals surface area contributed by atoms with Crippen LogP contribution in [0.2, 0.25) is 5.02 Å². The normalized spacial score (nSPS) is 9.88. The van der Waals surface area contributed by atoms with Crippen molar-refractivity contribution in [2.24, 2.45) is 0 Å². The van der Waals surface area contributed by atoms with Gasteiger partial charge in [-0.2, -0.15) is 5.10 Å². The molecular weight excluding hydrogens is 342 g/mol. The molecule has 0 aliphatic carbocycles. The maximum atomic E-state index is 12.0. The standard InChI is InChI=1S/C15H12ClN5O2.C2H6/c16-11-2-4-12(5-3-11)19-13(22)8-10-9-17-15(20-14(10)23)21-7-1-6-18-21;1-2/h1-7,9H,8H2,(H,19,22)(H,17,20,23);1-2H3. The number of anilines is 1. The Morgan fingerprint density at radius 2 is 2.00 bits per heavy atom. The fraction of sp³-hybridized carbons (Fsp3) is 0.176. The van der Waals surface area contributed by atoms with Crippen molar-refractivity contribution >= 4 is 23.2 Å². The van der Waals surface area contributed by atoms with Crippen LogP contribution in [0.5, 0.6) is 0 Å². The van der Waals surface area contributed by atoms with E-state index < -0.39 is 0 Å². The Labute approximate surface area is 149 Å². The van der Waals surface area contributed by atoms with Crippen LogP contribution in [0.25, 0.3) is 5.95 Å². The van der Waals surface area contributed by atoms with Gasteiger partial charge in [-0.1, -0.05) is 25.4 Å². The molecule has 0 radical (unpaired) electrons. The minimum atomic E-state index is -0.378. The number of hydrogen-bond acceptors (Lipinski definition) is 4. The second-order valence-corrected chi connectivity index (χ2v) is 5.18. The van der Waals surface area contributed by atoms with E-state index in [1.54, 1.807) is 42.7 Å². The van der Waals surface area contributed by atoms with Gasteiger partial charge in [-0.25, -0.2) is 9.67 Å². The highest BCUT2D eigenvalue weighted by Crippen LogP contribution is 2.13. The maximum Gasteiger partial charge on any atom is 0.256 e. The SMILES string of the molecule is CC.O=C(Cc1cnc(-n2cccn2)[nH]c1=O)Nc1ccc(Cl)cc1. The van der Waals surface area contributed by atoms with Gasteiger partial charge in [-0.05, 0) is 30.3 Å². The quantitative estimate of drug-likeness (QED) is 0.749. The highest BCUT2D eigenvalue weighted by atomic mass is 35.5. The van der Waals surface area contributed by atoms with Crippen molar-refractivity contribution in [2.75, 3.05) is 5.32 Å². The van der Waals surface area contributed by atoms with Gasteiger partial charge >= 0.3 is 0 Å². The Balaban J connectivity index is 0.00000109. The van der Waals surface area contributed by atoms with Gasteiger partial charge in [0.1, 0.15) is 0 Å². The maximum absolute atomic E-state index is 12.0. The lowest BCUT2D eigenvalue weighted by Crippen LogP contribution is -2.23. The van der Waals surface area contributed by atoms with E-state index in [0.29, 0.717) is 16.7 Å². The zero-order valence-corrected chi connectivity index (χ0v) is 14.6. The molecule has 0 fully saturated rings. The highest BCUT2D eigenvalue weighted by Gasteiger charge is 2.10. The Morgan fingerprint density at radius 3 is 2.60 bits per heavy atom. The first-order chi connectivity index (χ1) is 12.1. The first-order valence-electron chi connectivity index (χ1n) is 7.75. The zero-order chi connectivity index (χ0) is 18.2. The van der Waals surface area contributed by atoms with E-state index in [9.17, 15) is 9.59 Å². The molecule has 3 rings (SSSR count). The van der Waals surface area contributed by atoms with Crippen LogP contribution in [-0.4, -0.2) is 25.7 Å². The first kappa shape index (κ1) is 18.4. The molecule has 130 valence electrons. The monoisotopic (exact) mass is 359 g/mol. The summed E-state index contributed by atoms with van der Waals surface area (Å²) in [5, 5.41) is 7.25. The molecule has 3 aromatic rings. The molecule has 0 saturated carbocycles. The van der Waals surface area contributed by atoms with Crippen LogP contribution in [0.1, 0.15) is 19.4 Å². The van der Waals surface area contributed by atoms with E-state index in [4.69, 9.17) is 11.6 Å². The van der Waals surface area contributed by atoms with Crippen LogP contribution in [0, 0.1) is 0 Å². The third-order valence-electron chi connectivity index (χ3n) is 3.06. The average molecular weight is 360 g/mol. The fourth-order valence-corrected chi connectivity index (χ4v) is 2.09. The smallest absolute Gasteiger partial charge is 0.256 e. The second-order valence-electron chi connectivity index (χ2n) is 4.74. The predicted molar refractivity (Wildman–Crippen MR) is 97.1 cm³/mol. The molecule has 7 nitrogen and oxygen atoms in total. The zero-order valence-electron chi connectivity index (χ0n) is 13.9. The molecule has 0 atom stereocenters. The van der Waals surface area contributed by atoms with Crippen molar-refractivity contribution in [1.82, 2.24) is 19.7 Å². The van der Waals surface area contributed by atoms with Gasteiger partial charge in [-0.15, -0.1) is 0 Å². The van der Waals surface area contributed by atoms with Crippen molar-refractivity contribution in [1.29, 1.82) is 0 Å². The van der Waals surface area contributed by atoms with Gasteiger partial charge in [0, 0.05) is 34.9 Å². The number of aromatic amines is 1. The molecule has 0 unspecified atom stereocenters. The number of nitrogens with zero attached hydrogens (tertiary/aromatic N) is 3. The summed E-state index contributed by atoms with van der Waals surface area (Å²) in [5.41, 5.74) is 0.501. The third kappa shape index (κ3) is 5.02. The van der Waals surface area contributed by atoms with Crippen LogP contribution in [0.4, 0.5) is 5.69 Å². The van der Waals surface area contributed by atoms with E-state index in [1.807, 2.05) is 13.8 Å². The molecule has 2 heterocycles. The van der Waals surface area contributed by atoms with Gasteiger partial charge in [-0.3, -0.25) is 14.6 Å². The Morgan fingerprint density at radius 1 is 1.28 bits per heavy atom.